The van der Waals surface area contributed by atoms with Crippen LogP contribution in [0.4, 0.5) is 0 Å². The molecule has 52 valence electrons. The Balaban J connectivity index is 2.52. The smallest absolute Gasteiger partial charge is 0.211 e. The molecule has 0 aliphatic carbocycles. The predicted molar refractivity (Wildman–Crippen MR) is 36.0 cm³/mol. The second kappa shape index (κ2) is 2.35. The van der Waals surface area contributed by atoms with Crippen LogP contribution in [0.3, 0.4) is 0 Å². The van der Waals surface area contributed by atoms with Gasteiger partial charge in [-0.05, 0) is 6.92 Å². The molecular weight excluding hydrogens is 116 g/mol. The molecule has 0 radical (unpaired) electrons. The third-order valence-corrected chi connectivity index (χ3v) is 1.41. The van der Waals surface area contributed by atoms with E-state index in [1.807, 2.05) is 20.9 Å². The number of hydrogen-bond donors (Lipinski definition) is 0. The number of hydrogen-bond acceptors (Lipinski definition) is 3. The first-order chi connectivity index (χ1) is 4.24. The van der Waals surface area contributed by atoms with Crippen LogP contribution >= 0.6 is 0 Å². The van der Waals surface area contributed by atoms with E-state index >= 15 is 0 Å². The highest BCUT2D eigenvalue weighted by Gasteiger charge is 2.18. The Labute approximate surface area is 55.3 Å². The van der Waals surface area contributed by atoms with E-state index in [0.29, 0.717) is 0 Å². The van der Waals surface area contributed by atoms with Crippen molar-refractivity contribution in [2.75, 3.05) is 7.05 Å². The molecule has 1 rings (SSSR count). The number of nitrogens with zero attached hydrogens (tertiary/aromatic N) is 2. The highest BCUT2D eigenvalue weighted by atomic mass is 16.7. The molecule has 0 fully saturated rings. The second-order valence-corrected chi connectivity index (χ2v) is 2.15. The van der Waals surface area contributed by atoms with Crippen molar-refractivity contribution in [1.82, 2.24) is 5.06 Å². The van der Waals surface area contributed by atoms with Gasteiger partial charge in [0.15, 0.2) is 0 Å². The largest absolute Gasteiger partial charge is 0.389 e. The zero-order chi connectivity index (χ0) is 6.85. The Bertz CT molecular complexity index is 133. The lowest BCUT2D eigenvalue weighted by molar-refractivity contribution is -0.0527. The highest BCUT2D eigenvalue weighted by molar-refractivity contribution is 5.76. The summed E-state index contributed by atoms with van der Waals surface area (Å²) in [7, 11) is 1.89. The van der Waals surface area contributed by atoms with Crippen molar-refractivity contribution in [2.24, 2.45) is 4.99 Å². The Morgan fingerprint density at radius 1 is 1.78 bits per heavy atom. The Morgan fingerprint density at radius 2 is 2.44 bits per heavy atom. The number of aliphatic imine (C=N–C) groups is 1. The van der Waals surface area contributed by atoms with E-state index in [2.05, 4.69) is 4.99 Å². The quantitative estimate of drug-likeness (QED) is 0.526. The fourth-order valence-corrected chi connectivity index (χ4v) is 0.712. The van der Waals surface area contributed by atoms with Crippen molar-refractivity contribution in [1.29, 1.82) is 0 Å². The molecule has 1 heterocycles. The highest BCUT2D eigenvalue weighted by Crippen LogP contribution is 2.09. The first-order valence-electron chi connectivity index (χ1n) is 3.21. The summed E-state index contributed by atoms with van der Waals surface area (Å²) in [4.78, 5) is 9.41. The van der Waals surface area contributed by atoms with Crippen molar-refractivity contribution < 1.29 is 4.84 Å². The summed E-state index contributed by atoms with van der Waals surface area (Å²) in [5.74, 6) is 0.838. The summed E-state index contributed by atoms with van der Waals surface area (Å²) in [6.45, 7) is 4.04. The van der Waals surface area contributed by atoms with Gasteiger partial charge in [0, 0.05) is 13.5 Å². The van der Waals surface area contributed by atoms with Gasteiger partial charge >= 0.3 is 0 Å². The number of rotatable bonds is 1. The van der Waals surface area contributed by atoms with Crippen LogP contribution in [0, 0.1) is 0 Å². The Kier molecular flexibility index (Phi) is 1.71. The van der Waals surface area contributed by atoms with E-state index in [-0.39, 0.29) is 6.17 Å². The minimum atomic E-state index is 0.194. The van der Waals surface area contributed by atoms with Gasteiger partial charge < -0.3 is 4.84 Å². The summed E-state index contributed by atoms with van der Waals surface area (Å²) in [5, 5.41) is 1.75. The third kappa shape index (κ3) is 1.21. The van der Waals surface area contributed by atoms with Crippen LogP contribution in [-0.2, 0) is 4.84 Å². The van der Waals surface area contributed by atoms with Crippen molar-refractivity contribution in [3.63, 3.8) is 0 Å². The SMILES string of the molecule is CCC1=N[C@H](C)N(C)O1. The first-order valence-corrected chi connectivity index (χ1v) is 3.21. The van der Waals surface area contributed by atoms with Crippen molar-refractivity contribution in [3.05, 3.63) is 0 Å². The molecule has 0 saturated heterocycles. The molecular formula is C6H12N2O. The van der Waals surface area contributed by atoms with Gasteiger partial charge in [-0.2, -0.15) is 0 Å². The maximum atomic E-state index is 5.21. The maximum absolute atomic E-state index is 5.21. The topological polar surface area (TPSA) is 24.8 Å². The lowest BCUT2D eigenvalue weighted by atomic mass is 10.5. The zero-order valence-corrected chi connectivity index (χ0v) is 6.09. The molecule has 0 bridgehead atoms. The monoisotopic (exact) mass is 128 g/mol. The van der Waals surface area contributed by atoms with Gasteiger partial charge in [0.05, 0.1) is 0 Å². The zero-order valence-electron chi connectivity index (χ0n) is 6.09. The van der Waals surface area contributed by atoms with Gasteiger partial charge in [0.25, 0.3) is 0 Å². The Morgan fingerprint density at radius 3 is 2.67 bits per heavy atom. The molecule has 0 amide bonds. The molecule has 1 atom stereocenters. The molecule has 0 aromatic rings. The molecule has 3 nitrogen and oxygen atoms in total. The maximum Gasteiger partial charge on any atom is 0.211 e. The van der Waals surface area contributed by atoms with E-state index in [1.54, 1.807) is 5.06 Å². The Hall–Kier alpha value is -0.570. The van der Waals surface area contributed by atoms with Gasteiger partial charge in [-0.15, -0.1) is 5.06 Å². The van der Waals surface area contributed by atoms with E-state index in [1.165, 1.54) is 0 Å². The van der Waals surface area contributed by atoms with Crippen molar-refractivity contribution >= 4 is 5.90 Å². The van der Waals surface area contributed by atoms with Crippen molar-refractivity contribution in [2.45, 2.75) is 26.4 Å². The van der Waals surface area contributed by atoms with E-state index in [0.717, 1.165) is 12.3 Å². The molecule has 1 aliphatic rings. The van der Waals surface area contributed by atoms with Crippen LogP contribution in [0.5, 0.6) is 0 Å². The molecule has 0 N–H and O–H groups in total. The van der Waals surface area contributed by atoms with Crippen LogP contribution < -0.4 is 0 Å². The molecule has 0 saturated carbocycles. The molecule has 1 aliphatic heterocycles. The first kappa shape index (κ1) is 6.55. The molecule has 0 unspecified atom stereocenters. The molecule has 0 spiro atoms. The van der Waals surface area contributed by atoms with E-state index in [4.69, 9.17) is 4.84 Å². The lowest BCUT2D eigenvalue weighted by Gasteiger charge is -2.10. The van der Waals surface area contributed by atoms with Crippen LogP contribution in [-0.4, -0.2) is 24.2 Å². The summed E-state index contributed by atoms with van der Waals surface area (Å²) in [5.41, 5.74) is 0. The molecule has 0 aromatic heterocycles. The third-order valence-electron chi connectivity index (χ3n) is 1.41. The van der Waals surface area contributed by atoms with Crippen LogP contribution in [0.25, 0.3) is 0 Å². The summed E-state index contributed by atoms with van der Waals surface area (Å²) >= 11 is 0. The van der Waals surface area contributed by atoms with Gasteiger partial charge in [-0.25, -0.2) is 4.99 Å². The van der Waals surface area contributed by atoms with E-state index < -0.39 is 0 Å². The van der Waals surface area contributed by atoms with Crippen LogP contribution in [0.2, 0.25) is 0 Å². The fraction of sp³-hybridized carbons (Fsp3) is 0.833. The molecule has 9 heavy (non-hydrogen) atoms. The van der Waals surface area contributed by atoms with Crippen LogP contribution in [0.15, 0.2) is 4.99 Å². The lowest BCUT2D eigenvalue weighted by Crippen LogP contribution is -2.21. The molecule has 3 heteroatoms. The van der Waals surface area contributed by atoms with Gasteiger partial charge in [0.2, 0.25) is 5.90 Å². The summed E-state index contributed by atoms with van der Waals surface area (Å²) in [6.07, 6.45) is 1.08. The average Bonchev–Trinajstić information content (AvgIpc) is 2.13. The fourth-order valence-electron chi connectivity index (χ4n) is 0.712. The second-order valence-electron chi connectivity index (χ2n) is 2.15. The standard InChI is InChI=1S/C6H12N2O/c1-4-6-7-5(2)8(3)9-6/h5H,4H2,1-3H3/t5-/m0/s1. The number of hydroxylamine groups is 2. The minimum Gasteiger partial charge on any atom is -0.389 e. The van der Waals surface area contributed by atoms with E-state index in [9.17, 15) is 0 Å². The van der Waals surface area contributed by atoms with Crippen molar-refractivity contribution in [3.8, 4) is 0 Å². The normalized spacial score (nSPS) is 27.9. The average molecular weight is 128 g/mol. The van der Waals surface area contributed by atoms with Gasteiger partial charge in [0.1, 0.15) is 6.17 Å². The summed E-state index contributed by atoms with van der Waals surface area (Å²) in [6, 6.07) is 0. The predicted octanol–water partition coefficient (Wildman–Crippen LogP) is 1.02. The van der Waals surface area contributed by atoms with Crippen LogP contribution in [0.1, 0.15) is 20.3 Å². The molecule has 0 aromatic carbocycles. The minimum absolute atomic E-state index is 0.194. The van der Waals surface area contributed by atoms with Gasteiger partial charge in [-0.1, -0.05) is 6.92 Å². The summed E-state index contributed by atoms with van der Waals surface area (Å²) < 4.78 is 0. The van der Waals surface area contributed by atoms with Gasteiger partial charge in [-0.3, -0.25) is 0 Å².